The van der Waals surface area contributed by atoms with Crippen molar-refractivity contribution in [2.24, 2.45) is 0 Å². The minimum atomic E-state index is -0.391. The summed E-state index contributed by atoms with van der Waals surface area (Å²) in [6, 6.07) is 1.65. The van der Waals surface area contributed by atoms with Crippen LogP contribution in [0.4, 0.5) is 0 Å². The molecule has 2 aromatic rings. The normalized spacial score (nSPS) is 10.5. The Labute approximate surface area is 89.9 Å². The summed E-state index contributed by atoms with van der Waals surface area (Å²) in [6.07, 6.45) is 0.779. The molecule has 4 nitrogen and oxygen atoms in total. The molecule has 0 bridgehead atoms. The lowest BCUT2D eigenvalue weighted by Gasteiger charge is -1.96. The number of hydrogen-bond acceptors (Lipinski definition) is 4. The third-order valence-electron chi connectivity index (χ3n) is 2.02. The van der Waals surface area contributed by atoms with E-state index in [2.05, 4.69) is 4.98 Å². The number of esters is 1. The van der Waals surface area contributed by atoms with Crippen molar-refractivity contribution in [3.8, 4) is 0 Å². The van der Waals surface area contributed by atoms with E-state index in [1.165, 1.54) is 11.3 Å². The highest BCUT2D eigenvalue weighted by atomic mass is 32.1. The molecule has 0 atom stereocenters. The smallest absolute Gasteiger partial charge is 0.354 e. The molecule has 0 aliphatic rings. The number of ether oxygens (including phenoxy) is 1. The first-order valence-corrected chi connectivity index (χ1v) is 5.36. The molecule has 0 saturated heterocycles. The first-order chi connectivity index (χ1) is 7.26. The third-order valence-corrected chi connectivity index (χ3v) is 2.95. The summed E-state index contributed by atoms with van der Waals surface area (Å²) in [5.41, 5.74) is 0.989. The van der Waals surface area contributed by atoms with Crippen molar-refractivity contribution in [1.29, 1.82) is 0 Å². The number of rotatable bonds is 3. The van der Waals surface area contributed by atoms with Gasteiger partial charge in [0, 0.05) is 16.3 Å². The van der Waals surface area contributed by atoms with E-state index in [0.717, 1.165) is 16.5 Å². The fourth-order valence-electron chi connectivity index (χ4n) is 1.34. The van der Waals surface area contributed by atoms with Crippen molar-refractivity contribution in [2.75, 3.05) is 6.61 Å². The van der Waals surface area contributed by atoms with Gasteiger partial charge in [-0.2, -0.15) is 0 Å². The van der Waals surface area contributed by atoms with Crippen LogP contribution < -0.4 is 0 Å². The van der Waals surface area contributed by atoms with Gasteiger partial charge in [0.25, 0.3) is 0 Å². The van der Waals surface area contributed by atoms with Gasteiger partial charge in [-0.25, -0.2) is 4.79 Å². The Morgan fingerprint density at radius 1 is 1.67 bits per heavy atom. The van der Waals surface area contributed by atoms with Crippen LogP contribution in [0.5, 0.6) is 0 Å². The summed E-state index contributed by atoms with van der Waals surface area (Å²) in [5, 5.41) is 2.53. The number of fused-ring (bicyclic) bond motifs is 1. The van der Waals surface area contributed by atoms with Gasteiger partial charge in [-0.15, -0.1) is 11.3 Å². The lowest BCUT2D eigenvalue weighted by Crippen LogP contribution is -2.04. The number of H-pyrrole nitrogens is 1. The second-order valence-corrected chi connectivity index (χ2v) is 3.83. The van der Waals surface area contributed by atoms with E-state index >= 15 is 0 Å². The molecule has 0 fully saturated rings. The number of nitrogens with one attached hydrogen (secondary N) is 1. The molecule has 0 saturated carbocycles. The number of carbonyl (C=O) groups excluding carboxylic acids is 2. The Kier molecular flexibility index (Phi) is 2.55. The maximum absolute atomic E-state index is 11.4. The van der Waals surface area contributed by atoms with Crippen LogP contribution in [0.1, 0.15) is 27.8 Å². The Morgan fingerprint density at radius 2 is 2.47 bits per heavy atom. The molecule has 2 heterocycles. The summed E-state index contributed by atoms with van der Waals surface area (Å²) in [6.45, 7) is 2.09. The van der Waals surface area contributed by atoms with Crippen LogP contribution in [0.25, 0.3) is 10.2 Å². The maximum Gasteiger partial charge on any atom is 0.354 e. The summed E-state index contributed by atoms with van der Waals surface area (Å²) in [7, 11) is 0. The molecule has 78 valence electrons. The number of aromatic nitrogens is 1. The first kappa shape index (κ1) is 9.92. The van der Waals surface area contributed by atoms with Gasteiger partial charge in [-0.3, -0.25) is 4.79 Å². The molecule has 0 spiro atoms. The Bertz CT molecular complexity index is 512. The maximum atomic E-state index is 11.4. The molecule has 1 N–H and O–H groups in total. The van der Waals surface area contributed by atoms with Crippen molar-refractivity contribution >= 4 is 33.8 Å². The standard InChI is InChI=1S/C10H9NO3S/c1-2-14-10(13)8-3-7-6(4-12)5-15-9(7)11-8/h3-5,11H,2H2,1H3. The van der Waals surface area contributed by atoms with Crippen LogP contribution in [0.2, 0.25) is 0 Å². The molecule has 0 aromatic carbocycles. The van der Waals surface area contributed by atoms with E-state index in [1.807, 2.05) is 0 Å². The first-order valence-electron chi connectivity index (χ1n) is 4.48. The molecule has 5 heteroatoms. The van der Waals surface area contributed by atoms with E-state index in [-0.39, 0.29) is 0 Å². The van der Waals surface area contributed by atoms with Crippen LogP contribution in [-0.4, -0.2) is 23.8 Å². The molecule has 0 aliphatic heterocycles. The quantitative estimate of drug-likeness (QED) is 0.641. The molecular weight excluding hydrogens is 214 g/mol. The van der Waals surface area contributed by atoms with E-state index in [1.54, 1.807) is 18.4 Å². The highest BCUT2D eigenvalue weighted by Gasteiger charge is 2.13. The van der Waals surface area contributed by atoms with Crippen LogP contribution in [0.15, 0.2) is 11.4 Å². The highest BCUT2D eigenvalue weighted by molar-refractivity contribution is 7.17. The predicted octanol–water partition coefficient (Wildman–Crippen LogP) is 2.22. The molecule has 0 unspecified atom stereocenters. The second-order valence-electron chi connectivity index (χ2n) is 2.96. The van der Waals surface area contributed by atoms with Gasteiger partial charge in [0.1, 0.15) is 10.5 Å². The number of aldehydes is 1. The van der Waals surface area contributed by atoms with Crippen molar-refractivity contribution in [3.63, 3.8) is 0 Å². The monoisotopic (exact) mass is 223 g/mol. The lowest BCUT2D eigenvalue weighted by molar-refractivity contribution is 0.0520. The lowest BCUT2D eigenvalue weighted by atomic mass is 10.2. The zero-order valence-electron chi connectivity index (χ0n) is 8.07. The highest BCUT2D eigenvalue weighted by Crippen LogP contribution is 2.25. The number of aromatic amines is 1. The molecule has 0 radical (unpaired) electrons. The van der Waals surface area contributed by atoms with Gasteiger partial charge in [-0.05, 0) is 13.0 Å². The average Bonchev–Trinajstić information content (AvgIpc) is 2.76. The number of thiophene rings is 1. The summed E-state index contributed by atoms with van der Waals surface area (Å²) in [4.78, 5) is 25.8. The number of hydrogen-bond donors (Lipinski definition) is 1. The van der Waals surface area contributed by atoms with Crippen LogP contribution in [0.3, 0.4) is 0 Å². The topological polar surface area (TPSA) is 59.2 Å². The molecule has 15 heavy (non-hydrogen) atoms. The van der Waals surface area contributed by atoms with Crippen LogP contribution in [-0.2, 0) is 4.74 Å². The van der Waals surface area contributed by atoms with E-state index in [4.69, 9.17) is 4.74 Å². The predicted molar refractivity (Wildman–Crippen MR) is 57.5 cm³/mol. The van der Waals surface area contributed by atoms with E-state index in [9.17, 15) is 9.59 Å². The third kappa shape index (κ3) is 1.66. The summed E-state index contributed by atoms with van der Waals surface area (Å²) in [5.74, 6) is -0.391. The SMILES string of the molecule is CCOC(=O)c1cc2c(C=O)csc2[nH]1. The Balaban J connectivity index is 2.43. The van der Waals surface area contributed by atoms with E-state index in [0.29, 0.717) is 17.9 Å². The largest absolute Gasteiger partial charge is 0.461 e. The minimum Gasteiger partial charge on any atom is -0.461 e. The molecule has 2 rings (SSSR count). The molecule has 0 aliphatic carbocycles. The van der Waals surface area contributed by atoms with Crippen LogP contribution >= 0.6 is 11.3 Å². The molecule has 2 aromatic heterocycles. The summed E-state index contributed by atoms with van der Waals surface area (Å²) < 4.78 is 4.85. The average molecular weight is 223 g/mol. The molecule has 0 amide bonds. The fourth-order valence-corrected chi connectivity index (χ4v) is 2.24. The second kappa shape index (κ2) is 3.86. The Hall–Kier alpha value is -1.62. The van der Waals surface area contributed by atoms with Crippen molar-refractivity contribution in [3.05, 3.63) is 22.7 Å². The Morgan fingerprint density at radius 3 is 3.13 bits per heavy atom. The number of carbonyl (C=O) groups is 2. The van der Waals surface area contributed by atoms with Gasteiger partial charge in [0.15, 0.2) is 6.29 Å². The summed E-state index contributed by atoms with van der Waals surface area (Å²) >= 11 is 1.40. The zero-order chi connectivity index (χ0) is 10.8. The van der Waals surface area contributed by atoms with E-state index < -0.39 is 5.97 Å². The minimum absolute atomic E-state index is 0.339. The van der Waals surface area contributed by atoms with Gasteiger partial charge in [0.2, 0.25) is 0 Å². The van der Waals surface area contributed by atoms with Crippen LogP contribution in [0, 0.1) is 0 Å². The fraction of sp³-hybridized carbons (Fsp3) is 0.200. The van der Waals surface area contributed by atoms with Gasteiger partial charge < -0.3 is 9.72 Å². The van der Waals surface area contributed by atoms with Crippen molar-refractivity contribution < 1.29 is 14.3 Å². The van der Waals surface area contributed by atoms with Crippen molar-refractivity contribution in [1.82, 2.24) is 4.98 Å². The van der Waals surface area contributed by atoms with Crippen molar-refractivity contribution in [2.45, 2.75) is 6.92 Å². The zero-order valence-corrected chi connectivity index (χ0v) is 8.89. The van der Waals surface area contributed by atoms with Gasteiger partial charge in [0.05, 0.1) is 6.61 Å². The molecular formula is C10H9NO3S. The van der Waals surface area contributed by atoms with Gasteiger partial charge in [-0.1, -0.05) is 0 Å². The van der Waals surface area contributed by atoms with Gasteiger partial charge >= 0.3 is 5.97 Å².